The van der Waals surface area contributed by atoms with E-state index in [1.54, 1.807) is 0 Å². The maximum absolute atomic E-state index is 12.6. The molecule has 1 saturated carbocycles. The predicted molar refractivity (Wildman–Crippen MR) is 92.5 cm³/mol. The fourth-order valence-corrected chi connectivity index (χ4v) is 3.96. The lowest BCUT2D eigenvalue weighted by Gasteiger charge is -2.39. The third-order valence-corrected chi connectivity index (χ3v) is 5.47. The smallest absolute Gasteiger partial charge is 0.225 e. The number of piperidine rings is 1. The van der Waals surface area contributed by atoms with E-state index in [1.165, 1.54) is 5.69 Å². The molecule has 1 heterocycles. The Morgan fingerprint density at radius 1 is 1.26 bits per heavy atom. The number of likely N-dealkylation sites (N-methyl/N-ethyl adjacent to an activating group) is 1. The van der Waals surface area contributed by atoms with E-state index in [1.807, 2.05) is 18.0 Å². The van der Waals surface area contributed by atoms with Gasteiger partial charge in [0.25, 0.3) is 0 Å². The highest BCUT2D eigenvalue weighted by Gasteiger charge is 2.36. The second-order valence-corrected chi connectivity index (χ2v) is 7.19. The summed E-state index contributed by atoms with van der Waals surface area (Å²) in [5.74, 6) is 0.0920. The molecule has 3 rings (SSSR count). The van der Waals surface area contributed by atoms with E-state index >= 15 is 0 Å². The molecule has 126 valence electrons. The van der Waals surface area contributed by atoms with Crippen molar-refractivity contribution in [1.29, 1.82) is 0 Å². The number of carbonyl (C=O) groups is 1. The van der Waals surface area contributed by atoms with Gasteiger partial charge in [-0.2, -0.15) is 0 Å². The number of amides is 1. The summed E-state index contributed by atoms with van der Waals surface area (Å²) in [5.41, 5.74) is 0.478. The van der Waals surface area contributed by atoms with Crippen LogP contribution >= 0.6 is 0 Å². The molecule has 1 amide bonds. The summed E-state index contributed by atoms with van der Waals surface area (Å²) in [5, 5.41) is 10.5. The molecule has 1 aliphatic carbocycles. The Balaban J connectivity index is 1.60. The van der Waals surface area contributed by atoms with Gasteiger partial charge < -0.3 is 14.9 Å². The zero-order valence-electron chi connectivity index (χ0n) is 14.1. The molecule has 0 spiro atoms. The number of aliphatic hydroxyl groups is 1. The molecular weight excluding hydrogens is 288 g/mol. The summed E-state index contributed by atoms with van der Waals surface area (Å²) in [4.78, 5) is 16.8. The Morgan fingerprint density at radius 3 is 2.65 bits per heavy atom. The number of anilines is 1. The zero-order chi connectivity index (χ0) is 16.3. The minimum Gasteiger partial charge on any atom is -0.389 e. The summed E-state index contributed by atoms with van der Waals surface area (Å²) in [6.45, 7) is 1.93. The minimum atomic E-state index is -0.751. The maximum Gasteiger partial charge on any atom is 0.225 e. The summed E-state index contributed by atoms with van der Waals surface area (Å²) >= 11 is 0. The Hall–Kier alpha value is -1.55. The first kappa shape index (κ1) is 16.3. The van der Waals surface area contributed by atoms with Crippen LogP contribution in [0.1, 0.15) is 44.9 Å². The molecule has 1 aromatic rings. The van der Waals surface area contributed by atoms with Gasteiger partial charge in [-0.15, -0.1) is 0 Å². The van der Waals surface area contributed by atoms with E-state index in [4.69, 9.17) is 0 Å². The fraction of sp³-hybridized carbons (Fsp3) is 0.632. The molecule has 4 nitrogen and oxygen atoms in total. The third kappa shape index (κ3) is 3.86. The van der Waals surface area contributed by atoms with Gasteiger partial charge in [-0.3, -0.25) is 4.79 Å². The van der Waals surface area contributed by atoms with Crippen LogP contribution in [0.15, 0.2) is 30.3 Å². The number of para-hydroxylation sites is 1. The Morgan fingerprint density at radius 2 is 1.96 bits per heavy atom. The minimum absolute atomic E-state index is 0.0920. The van der Waals surface area contributed by atoms with Gasteiger partial charge in [-0.1, -0.05) is 31.0 Å². The molecular formula is C19H28N2O2. The van der Waals surface area contributed by atoms with Crippen molar-refractivity contribution < 1.29 is 9.90 Å². The number of hydrogen-bond acceptors (Lipinski definition) is 3. The normalized spacial score (nSPS) is 23.7. The Labute approximate surface area is 139 Å². The van der Waals surface area contributed by atoms with E-state index in [9.17, 15) is 9.90 Å². The number of benzene rings is 1. The van der Waals surface area contributed by atoms with Crippen LogP contribution < -0.4 is 4.90 Å². The van der Waals surface area contributed by atoms with Crippen molar-refractivity contribution in [3.05, 3.63) is 30.3 Å². The molecule has 2 fully saturated rings. The van der Waals surface area contributed by atoms with Gasteiger partial charge in [0.2, 0.25) is 5.91 Å². The second kappa shape index (κ2) is 6.91. The lowest BCUT2D eigenvalue weighted by Crippen LogP contribution is -2.50. The van der Waals surface area contributed by atoms with E-state index in [2.05, 4.69) is 29.2 Å². The molecule has 1 aromatic carbocycles. The molecule has 4 heteroatoms. The summed E-state index contributed by atoms with van der Waals surface area (Å²) in [7, 11) is 1.90. The molecule has 23 heavy (non-hydrogen) atoms. The van der Waals surface area contributed by atoms with Crippen LogP contribution in [-0.2, 0) is 4.79 Å². The van der Waals surface area contributed by atoms with Crippen LogP contribution in [0.4, 0.5) is 5.69 Å². The van der Waals surface area contributed by atoms with Crippen molar-refractivity contribution in [2.75, 3.05) is 25.0 Å². The van der Waals surface area contributed by atoms with Crippen LogP contribution in [-0.4, -0.2) is 47.7 Å². The Bertz CT molecular complexity index is 525. The molecule has 0 radical (unpaired) electrons. The van der Waals surface area contributed by atoms with Gasteiger partial charge >= 0.3 is 0 Å². The molecule has 0 bridgehead atoms. The van der Waals surface area contributed by atoms with Crippen LogP contribution in [0.25, 0.3) is 0 Å². The van der Waals surface area contributed by atoms with E-state index in [-0.39, 0.29) is 18.4 Å². The monoisotopic (exact) mass is 316 g/mol. The Kier molecular flexibility index (Phi) is 4.90. The average Bonchev–Trinajstić information content (AvgIpc) is 3.01. The largest absolute Gasteiger partial charge is 0.389 e. The quantitative estimate of drug-likeness (QED) is 0.929. The lowest BCUT2D eigenvalue weighted by molar-refractivity contribution is -0.137. The van der Waals surface area contributed by atoms with Gasteiger partial charge in [0.15, 0.2) is 0 Å². The third-order valence-electron chi connectivity index (χ3n) is 5.47. The van der Waals surface area contributed by atoms with Crippen molar-refractivity contribution >= 4 is 11.6 Å². The van der Waals surface area contributed by atoms with Crippen molar-refractivity contribution in [3.8, 4) is 0 Å². The molecule has 1 N–H and O–H groups in total. The van der Waals surface area contributed by atoms with E-state index in [0.717, 1.165) is 51.6 Å². The van der Waals surface area contributed by atoms with Crippen molar-refractivity contribution in [3.63, 3.8) is 0 Å². The van der Waals surface area contributed by atoms with Gasteiger partial charge in [0.1, 0.15) is 0 Å². The van der Waals surface area contributed by atoms with Crippen LogP contribution in [0.5, 0.6) is 0 Å². The van der Waals surface area contributed by atoms with Gasteiger partial charge in [-0.05, 0) is 37.8 Å². The van der Waals surface area contributed by atoms with Crippen molar-refractivity contribution in [1.82, 2.24) is 4.90 Å². The average molecular weight is 316 g/mol. The SMILES string of the molecule is CN(C(=O)CC1(O)CCCC1)C1CCCN(c2ccccc2)C1. The van der Waals surface area contributed by atoms with Crippen LogP contribution in [0.3, 0.4) is 0 Å². The lowest BCUT2D eigenvalue weighted by atomic mass is 9.96. The topological polar surface area (TPSA) is 43.8 Å². The van der Waals surface area contributed by atoms with Crippen molar-refractivity contribution in [2.24, 2.45) is 0 Å². The highest BCUT2D eigenvalue weighted by molar-refractivity contribution is 5.77. The van der Waals surface area contributed by atoms with Crippen LogP contribution in [0, 0.1) is 0 Å². The molecule has 1 aliphatic heterocycles. The van der Waals surface area contributed by atoms with Gasteiger partial charge in [0.05, 0.1) is 12.0 Å². The summed E-state index contributed by atoms with van der Waals surface area (Å²) in [6, 6.07) is 10.6. The fourth-order valence-electron chi connectivity index (χ4n) is 3.96. The number of hydrogen-bond donors (Lipinski definition) is 1. The van der Waals surface area contributed by atoms with E-state index in [0.29, 0.717) is 0 Å². The van der Waals surface area contributed by atoms with Gasteiger partial charge in [0, 0.05) is 31.9 Å². The second-order valence-electron chi connectivity index (χ2n) is 7.19. The first-order valence-electron chi connectivity index (χ1n) is 8.85. The van der Waals surface area contributed by atoms with E-state index < -0.39 is 5.60 Å². The zero-order valence-corrected chi connectivity index (χ0v) is 14.1. The molecule has 1 saturated heterocycles. The molecule has 1 unspecified atom stereocenters. The first-order chi connectivity index (χ1) is 11.1. The number of nitrogens with zero attached hydrogens (tertiary/aromatic N) is 2. The molecule has 2 aliphatic rings. The van der Waals surface area contributed by atoms with Gasteiger partial charge in [-0.25, -0.2) is 0 Å². The van der Waals surface area contributed by atoms with Crippen LogP contribution in [0.2, 0.25) is 0 Å². The van der Waals surface area contributed by atoms with Crippen molar-refractivity contribution in [2.45, 2.75) is 56.6 Å². The highest BCUT2D eigenvalue weighted by atomic mass is 16.3. The predicted octanol–water partition coefficient (Wildman–Crippen LogP) is 2.81. The maximum atomic E-state index is 12.6. The summed E-state index contributed by atoms with van der Waals surface area (Å²) < 4.78 is 0. The number of rotatable bonds is 4. The molecule has 0 aromatic heterocycles. The number of carbonyl (C=O) groups excluding carboxylic acids is 1. The highest BCUT2D eigenvalue weighted by Crippen LogP contribution is 2.33. The molecule has 1 atom stereocenters. The summed E-state index contributed by atoms with van der Waals surface area (Å²) in [6.07, 6.45) is 6.05. The standard InChI is InChI=1S/C19H28N2O2/c1-20(18(22)14-19(23)11-5-6-12-19)17-10-7-13-21(15-17)16-8-3-2-4-9-16/h2-4,8-9,17,23H,5-7,10-15H2,1H3. The first-order valence-corrected chi connectivity index (χ1v) is 8.85.